The zero-order valence-corrected chi connectivity index (χ0v) is 14.4. The second kappa shape index (κ2) is 6.94. The summed E-state index contributed by atoms with van der Waals surface area (Å²) in [6, 6.07) is 25.7. The number of hydrogen-bond acceptors (Lipinski definition) is 1. The molecule has 2 heteroatoms. The second-order valence-electron chi connectivity index (χ2n) is 6.25. The molecular formula is C23H22NO. The van der Waals surface area contributed by atoms with Crippen LogP contribution in [0.2, 0.25) is 0 Å². The Kier molecular flexibility index (Phi) is 4.71. The maximum atomic E-state index is 13.0. The minimum atomic E-state index is -1.03. The van der Waals surface area contributed by atoms with Crippen LogP contribution in [0.3, 0.4) is 0 Å². The summed E-state index contributed by atoms with van der Waals surface area (Å²) in [6.07, 6.45) is 0.658. The quantitative estimate of drug-likeness (QED) is 0.701. The molecule has 2 nitrogen and oxygen atoms in total. The number of hydrogen-bond donors (Lipinski definition) is 1. The van der Waals surface area contributed by atoms with Gasteiger partial charge in [0.1, 0.15) is 5.41 Å². The Balaban J connectivity index is 2.43. The van der Waals surface area contributed by atoms with Crippen molar-refractivity contribution in [2.45, 2.75) is 18.8 Å². The Bertz CT molecular complexity index is 830. The normalized spacial score (nSPS) is 11.3. The molecule has 25 heavy (non-hydrogen) atoms. The minimum Gasteiger partial charge on any atom is -0.368 e. The summed E-state index contributed by atoms with van der Waals surface area (Å²) in [4.78, 5) is 13.0. The number of carbonyl (C=O) groups excluding carboxylic acids is 1. The smallest absolute Gasteiger partial charge is 0.237 e. The number of aryl methyl sites for hydroxylation is 1. The van der Waals surface area contributed by atoms with Gasteiger partial charge < -0.3 is 5.73 Å². The van der Waals surface area contributed by atoms with Gasteiger partial charge in [-0.2, -0.15) is 0 Å². The summed E-state index contributed by atoms with van der Waals surface area (Å²) in [7, 11) is 0. The van der Waals surface area contributed by atoms with Gasteiger partial charge in [-0.15, -0.1) is 0 Å². The van der Waals surface area contributed by atoms with Crippen LogP contribution in [0.1, 0.15) is 27.8 Å². The van der Waals surface area contributed by atoms with E-state index in [1.54, 1.807) is 0 Å². The third-order valence-electron chi connectivity index (χ3n) is 4.78. The van der Waals surface area contributed by atoms with Crippen LogP contribution in [0.5, 0.6) is 0 Å². The van der Waals surface area contributed by atoms with E-state index in [0.717, 1.165) is 27.8 Å². The monoisotopic (exact) mass is 328 g/mol. The maximum absolute atomic E-state index is 13.0. The first-order valence-electron chi connectivity index (χ1n) is 8.41. The van der Waals surface area contributed by atoms with Crippen LogP contribution in [-0.4, -0.2) is 5.91 Å². The van der Waals surface area contributed by atoms with Crippen LogP contribution in [-0.2, 0) is 16.6 Å². The lowest BCUT2D eigenvalue weighted by Crippen LogP contribution is -2.44. The van der Waals surface area contributed by atoms with Crippen LogP contribution in [0.15, 0.2) is 78.9 Å². The first kappa shape index (κ1) is 17.0. The molecule has 0 aliphatic rings. The molecule has 0 aliphatic heterocycles. The third kappa shape index (κ3) is 2.85. The summed E-state index contributed by atoms with van der Waals surface area (Å²) in [6.45, 7) is 6.00. The van der Waals surface area contributed by atoms with Gasteiger partial charge in [0.2, 0.25) is 5.91 Å². The van der Waals surface area contributed by atoms with Crippen LogP contribution in [0.4, 0.5) is 0 Å². The molecule has 1 radical (unpaired) electrons. The largest absolute Gasteiger partial charge is 0.368 e. The minimum absolute atomic E-state index is 0.380. The first-order chi connectivity index (χ1) is 12.1. The fourth-order valence-electron chi connectivity index (χ4n) is 3.50. The highest BCUT2D eigenvalue weighted by Gasteiger charge is 2.43. The van der Waals surface area contributed by atoms with Crippen LogP contribution >= 0.6 is 0 Å². The van der Waals surface area contributed by atoms with E-state index in [9.17, 15) is 4.79 Å². The number of nitrogens with two attached hydrogens (primary N) is 1. The average Bonchev–Trinajstić information content (AvgIpc) is 2.65. The van der Waals surface area contributed by atoms with Gasteiger partial charge in [0.25, 0.3) is 0 Å². The molecule has 2 N–H and O–H groups in total. The Morgan fingerprint density at radius 3 is 1.88 bits per heavy atom. The Morgan fingerprint density at radius 2 is 1.44 bits per heavy atom. The van der Waals surface area contributed by atoms with E-state index in [2.05, 4.69) is 13.0 Å². The van der Waals surface area contributed by atoms with Gasteiger partial charge in [0, 0.05) is 0 Å². The number of primary amides is 1. The van der Waals surface area contributed by atoms with Gasteiger partial charge in [0.15, 0.2) is 0 Å². The van der Waals surface area contributed by atoms with Crippen molar-refractivity contribution < 1.29 is 4.79 Å². The Labute approximate surface area is 149 Å². The average molecular weight is 328 g/mol. The number of carbonyl (C=O) groups is 1. The zero-order chi connectivity index (χ0) is 17.9. The van der Waals surface area contributed by atoms with Crippen molar-refractivity contribution in [3.63, 3.8) is 0 Å². The highest BCUT2D eigenvalue weighted by Crippen LogP contribution is 2.41. The van der Waals surface area contributed by atoms with E-state index < -0.39 is 5.41 Å². The molecule has 1 amide bonds. The molecule has 0 aliphatic carbocycles. The highest BCUT2D eigenvalue weighted by molar-refractivity contribution is 5.95. The van der Waals surface area contributed by atoms with Crippen molar-refractivity contribution >= 4 is 5.91 Å². The second-order valence-corrected chi connectivity index (χ2v) is 6.25. The van der Waals surface area contributed by atoms with Crippen LogP contribution in [0.25, 0.3) is 0 Å². The highest BCUT2D eigenvalue weighted by atomic mass is 16.1. The molecule has 0 fully saturated rings. The lowest BCUT2D eigenvalue weighted by atomic mass is 9.67. The van der Waals surface area contributed by atoms with Crippen molar-refractivity contribution in [3.8, 4) is 0 Å². The molecule has 0 spiro atoms. The van der Waals surface area contributed by atoms with Gasteiger partial charge in [-0.05, 0) is 48.1 Å². The summed E-state index contributed by atoms with van der Waals surface area (Å²) in [5, 5.41) is 0. The summed E-state index contributed by atoms with van der Waals surface area (Å²) in [5.74, 6) is -0.380. The molecule has 0 saturated heterocycles. The molecule has 0 atom stereocenters. The number of amides is 1. The lowest BCUT2D eigenvalue weighted by Gasteiger charge is -2.34. The van der Waals surface area contributed by atoms with Gasteiger partial charge in [-0.3, -0.25) is 4.79 Å². The number of benzene rings is 3. The lowest BCUT2D eigenvalue weighted by molar-refractivity contribution is -0.121. The Hall–Kier alpha value is -2.87. The van der Waals surface area contributed by atoms with Gasteiger partial charge >= 0.3 is 0 Å². The predicted octanol–water partition coefficient (Wildman–Crippen LogP) is 4.19. The molecular weight excluding hydrogens is 306 g/mol. The van der Waals surface area contributed by atoms with E-state index in [0.29, 0.717) is 6.42 Å². The summed E-state index contributed by atoms with van der Waals surface area (Å²) >= 11 is 0. The maximum Gasteiger partial charge on any atom is 0.237 e. The Morgan fingerprint density at radius 1 is 0.920 bits per heavy atom. The third-order valence-corrected chi connectivity index (χ3v) is 4.78. The van der Waals surface area contributed by atoms with Crippen molar-refractivity contribution in [3.05, 3.63) is 114 Å². The molecule has 0 heterocycles. The van der Waals surface area contributed by atoms with E-state index in [1.165, 1.54) is 0 Å². The summed E-state index contributed by atoms with van der Waals surface area (Å²) < 4.78 is 0. The SMILES string of the molecule is [CH2]Cc1ccc(C)c(C(C(N)=O)(c2ccccc2)c2ccccc2)c1. The van der Waals surface area contributed by atoms with E-state index in [4.69, 9.17) is 5.73 Å². The number of rotatable bonds is 5. The van der Waals surface area contributed by atoms with Crippen molar-refractivity contribution in [2.24, 2.45) is 5.73 Å². The van der Waals surface area contributed by atoms with Crippen molar-refractivity contribution in [1.29, 1.82) is 0 Å². The van der Waals surface area contributed by atoms with Crippen molar-refractivity contribution in [1.82, 2.24) is 0 Å². The van der Waals surface area contributed by atoms with E-state index >= 15 is 0 Å². The van der Waals surface area contributed by atoms with Crippen LogP contribution in [0, 0.1) is 13.8 Å². The standard InChI is InChI=1S/C23H22NO/c1-3-18-15-14-17(2)21(16-18)23(22(24)25,19-10-6-4-7-11-19)20-12-8-5-9-13-20/h4-16H,1,3H2,2H3,(H2,24,25). The topological polar surface area (TPSA) is 43.1 Å². The van der Waals surface area contributed by atoms with E-state index in [1.807, 2.05) is 79.7 Å². The summed E-state index contributed by atoms with van der Waals surface area (Å²) in [5.41, 5.74) is 9.82. The van der Waals surface area contributed by atoms with Gasteiger partial charge in [-0.25, -0.2) is 0 Å². The van der Waals surface area contributed by atoms with Gasteiger partial charge in [0.05, 0.1) is 0 Å². The van der Waals surface area contributed by atoms with Gasteiger partial charge in [-0.1, -0.05) is 78.9 Å². The molecule has 125 valence electrons. The molecule has 0 bridgehead atoms. The molecule has 0 unspecified atom stereocenters. The fourth-order valence-corrected chi connectivity index (χ4v) is 3.50. The first-order valence-corrected chi connectivity index (χ1v) is 8.41. The molecule has 3 rings (SSSR count). The van der Waals surface area contributed by atoms with Crippen molar-refractivity contribution in [2.75, 3.05) is 0 Å². The molecule has 3 aromatic rings. The van der Waals surface area contributed by atoms with Crippen LogP contribution < -0.4 is 5.73 Å². The van der Waals surface area contributed by atoms with E-state index in [-0.39, 0.29) is 5.91 Å². The fraction of sp³-hybridized carbons (Fsp3) is 0.130. The molecule has 0 aromatic heterocycles. The molecule has 0 saturated carbocycles. The zero-order valence-electron chi connectivity index (χ0n) is 14.4. The predicted molar refractivity (Wildman–Crippen MR) is 102 cm³/mol. The molecule has 3 aromatic carbocycles.